The van der Waals surface area contributed by atoms with Gasteiger partial charge < -0.3 is 10.1 Å². The quantitative estimate of drug-likeness (QED) is 0.592. The number of hydrogen-bond acceptors (Lipinski definition) is 5. The lowest BCUT2D eigenvalue weighted by Gasteiger charge is -2.19. The van der Waals surface area contributed by atoms with Crippen LogP contribution in [0.2, 0.25) is 10.0 Å². The molecule has 144 valence electrons. The summed E-state index contributed by atoms with van der Waals surface area (Å²) in [6.45, 7) is -1.04. The second kappa shape index (κ2) is 8.27. The number of nitrogens with zero attached hydrogens (tertiary/aromatic N) is 1. The molecule has 3 rings (SSSR count). The molecule has 2 fully saturated rings. The molecule has 0 aromatic heterocycles. The third kappa shape index (κ3) is 4.25. The van der Waals surface area contributed by atoms with Gasteiger partial charge in [0.1, 0.15) is 6.54 Å². The Hall–Kier alpha value is -2.12. The number of rotatable bonds is 5. The van der Waals surface area contributed by atoms with Crippen molar-refractivity contribution in [1.82, 2.24) is 4.90 Å². The number of esters is 1. The van der Waals surface area contributed by atoms with Gasteiger partial charge in [-0.15, -0.1) is 0 Å². The number of anilines is 1. The summed E-state index contributed by atoms with van der Waals surface area (Å²) in [5.41, 5.74) is 0.291. The van der Waals surface area contributed by atoms with Gasteiger partial charge in [-0.1, -0.05) is 42.1 Å². The van der Waals surface area contributed by atoms with Gasteiger partial charge in [-0.2, -0.15) is 0 Å². The first kappa shape index (κ1) is 19.6. The Morgan fingerprint density at radius 2 is 1.74 bits per heavy atom. The minimum atomic E-state index is -0.817. The number of halogens is 2. The number of nitrogens with one attached hydrogen (secondary N) is 1. The molecule has 1 aromatic carbocycles. The van der Waals surface area contributed by atoms with Crippen LogP contribution in [-0.4, -0.2) is 41.7 Å². The van der Waals surface area contributed by atoms with Gasteiger partial charge in [0, 0.05) is 0 Å². The topological polar surface area (TPSA) is 92.8 Å². The molecule has 0 unspecified atom stereocenters. The van der Waals surface area contributed by atoms with E-state index in [-0.39, 0.29) is 33.7 Å². The molecule has 2 atom stereocenters. The summed E-state index contributed by atoms with van der Waals surface area (Å²) in [6, 6.07) is 4.73. The Morgan fingerprint density at radius 1 is 1.11 bits per heavy atom. The highest BCUT2D eigenvalue weighted by atomic mass is 35.5. The molecule has 1 N–H and O–H groups in total. The van der Waals surface area contributed by atoms with Gasteiger partial charge in [0.25, 0.3) is 5.91 Å². The second-order valence-corrected chi connectivity index (χ2v) is 7.36. The van der Waals surface area contributed by atoms with Crippen LogP contribution in [0.4, 0.5) is 5.69 Å². The number of imide groups is 1. The Kier molecular flexibility index (Phi) is 6.01. The van der Waals surface area contributed by atoms with E-state index in [2.05, 4.69) is 5.32 Å². The summed E-state index contributed by atoms with van der Waals surface area (Å²) < 4.78 is 4.88. The van der Waals surface area contributed by atoms with Crippen molar-refractivity contribution in [2.45, 2.75) is 25.7 Å². The van der Waals surface area contributed by atoms with E-state index in [1.165, 1.54) is 0 Å². The zero-order valence-electron chi connectivity index (χ0n) is 14.4. The van der Waals surface area contributed by atoms with Gasteiger partial charge >= 0.3 is 5.97 Å². The van der Waals surface area contributed by atoms with Gasteiger partial charge in [-0.05, 0) is 25.0 Å². The van der Waals surface area contributed by atoms with Crippen molar-refractivity contribution in [2.75, 3.05) is 18.5 Å². The fourth-order valence-electron chi connectivity index (χ4n) is 3.49. The summed E-state index contributed by atoms with van der Waals surface area (Å²) >= 11 is 11.8. The SMILES string of the molecule is O=C(COC(=O)CN1C(=O)[C@H]2CCCC[C@@H]2C1=O)Nc1cccc(Cl)c1Cl. The lowest BCUT2D eigenvalue weighted by atomic mass is 9.81. The molecular weight excluding hydrogens is 395 g/mol. The van der Waals surface area contributed by atoms with E-state index in [9.17, 15) is 19.2 Å². The standard InChI is InChI=1S/C18H18Cl2N2O5/c19-12-6-3-7-13(16(12)20)21-14(23)9-27-15(24)8-22-17(25)10-4-1-2-5-11(10)18(22)26/h3,6-7,10-11H,1-2,4-5,8-9H2,(H,21,23)/t10-,11-/m0/s1. The van der Waals surface area contributed by atoms with Crippen LogP contribution in [0.25, 0.3) is 0 Å². The fraction of sp³-hybridized carbons (Fsp3) is 0.444. The van der Waals surface area contributed by atoms with Crippen molar-refractivity contribution < 1.29 is 23.9 Å². The van der Waals surface area contributed by atoms with Crippen LogP contribution in [0, 0.1) is 11.8 Å². The molecule has 1 aliphatic heterocycles. The molecule has 7 nitrogen and oxygen atoms in total. The molecule has 1 aromatic rings. The zero-order chi connectivity index (χ0) is 19.6. The highest BCUT2D eigenvalue weighted by molar-refractivity contribution is 6.44. The van der Waals surface area contributed by atoms with Crippen LogP contribution in [0.5, 0.6) is 0 Å². The van der Waals surface area contributed by atoms with Gasteiger partial charge in [-0.25, -0.2) is 0 Å². The Labute approximate surface area is 165 Å². The molecule has 27 heavy (non-hydrogen) atoms. The molecule has 0 radical (unpaired) electrons. The van der Waals surface area contributed by atoms with Crippen molar-refractivity contribution in [3.63, 3.8) is 0 Å². The van der Waals surface area contributed by atoms with E-state index >= 15 is 0 Å². The number of carbonyl (C=O) groups excluding carboxylic acids is 4. The summed E-state index contributed by atoms with van der Waals surface area (Å²) in [4.78, 5) is 49.5. The Bertz CT molecular complexity index is 774. The van der Waals surface area contributed by atoms with Gasteiger partial charge in [0.05, 0.1) is 27.6 Å². The normalized spacial score (nSPS) is 21.8. The molecule has 0 bridgehead atoms. The van der Waals surface area contributed by atoms with Crippen LogP contribution in [-0.2, 0) is 23.9 Å². The first-order valence-corrected chi connectivity index (χ1v) is 9.38. The molecule has 1 heterocycles. The third-order valence-corrected chi connectivity index (χ3v) is 5.63. The first-order chi connectivity index (χ1) is 12.9. The van der Waals surface area contributed by atoms with E-state index in [1.807, 2.05) is 0 Å². The van der Waals surface area contributed by atoms with Crippen LogP contribution >= 0.6 is 23.2 Å². The Morgan fingerprint density at radius 3 is 2.37 bits per heavy atom. The van der Waals surface area contributed by atoms with Crippen molar-refractivity contribution >= 4 is 52.6 Å². The highest BCUT2D eigenvalue weighted by Gasteiger charge is 2.48. The average molecular weight is 413 g/mol. The lowest BCUT2D eigenvalue weighted by Crippen LogP contribution is -2.37. The van der Waals surface area contributed by atoms with Gasteiger partial charge in [0.15, 0.2) is 6.61 Å². The Balaban J connectivity index is 1.51. The minimum absolute atomic E-state index is 0.176. The maximum absolute atomic E-state index is 12.3. The highest BCUT2D eigenvalue weighted by Crippen LogP contribution is 2.37. The van der Waals surface area contributed by atoms with Crippen molar-refractivity contribution in [2.24, 2.45) is 11.8 Å². The lowest BCUT2D eigenvalue weighted by molar-refractivity contribution is -0.154. The smallest absolute Gasteiger partial charge is 0.326 e. The summed E-state index contributed by atoms with van der Waals surface area (Å²) in [6.07, 6.45) is 3.16. The molecular formula is C18H18Cl2N2O5. The maximum Gasteiger partial charge on any atom is 0.326 e. The van der Waals surface area contributed by atoms with Crippen molar-refractivity contribution in [1.29, 1.82) is 0 Å². The van der Waals surface area contributed by atoms with E-state index in [1.54, 1.807) is 18.2 Å². The van der Waals surface area contributed by atoms with Gasteiger partial charge in [0.2, 0.25) is 11.8 Å². The molecule has 3 amide bonds. The van der Waals surface area contributed by atoms with E-state index in [0.717, 1.165) is 17.7 Å². The average Bonchev–Trinajstić information content (AvgIpc) is 2.89. The molecule has 0 spiro atoms. The maximum atomic E-state index is 12.3. The second-order valence-electron chi connectivity index (χ2n) is 6.57. The molecule has 9 heteroatoms. The molecule has 1 aliphatic carbocycles. The molecule has 2 aliphatic rings. The van der Waals surface area contributed by atoms with Crippen LogP contribution in [0.1, 0.15) is 25.7 Å². The van der Waals surface area contributed by atoms with Crippen LogP contribution < -0.4 is 5.32 Å². The summed E-state index contributed by atoms with van der Waals surface area (Å²) in [7, 11) is 0. The third-order valence-electron chi connectivity index (χ3n) is 4.81. The van der Waals surface area contributed by atoms with Crippen LogP contribution in [0.3, 0.4) is 0 Å². The van der Waals surface area contributed by atoms with E-state index < -0.39 is 25.0 Å². The molecule has 1 saturated carbocycles. The summed E-state index contributed by atoms with van der Waals surface area (Å²) in [5, 5.41) is 2.93. The predicted octanol–water partition coefficient (Wildman–Crippen LogP) is 2.65. The first-order valence-electron chi connectivity index (χ1n) is 8.63. The number of ether oxygens (including phenoxy) is 1. The molecule has 1 saturated heterocycles. The minimum Gasteiger partial charge on any atom is -0.454 e. The predicted molar refractivity (Wildman–Crippen MR) is 98.2 cm³/mol. The number of likely N-dealkylation sites (tertiary alicyclic amines) is 1. The number of hydrogen-bond donors (Lipinski definition) is 1. The number of fused-ring (bicyclic) bond motifs is 1. The summed E-state index contributed by atoms with van der Waals surface area (Å²) in [5.74, 6) is -2.73. The van der Waals surface area contributed by atoms with E-state index in [0.29, 0.717) is 18.5 Å². The fourth-order valence-corrected chi connectivity index (χ4v) is 3.84. The number of amides is 3. The largest absolute Gasteiger partial charge is 0.454 e. The monoisotopic (exact) mass is 412 g/mol. The zero-order valence-corrected chi connectivity index (χ0v) is 15.9. The van der Waals surface area contributed by atoms with Crippen molar-refractivity contribution in [3.8, 4) is 0 Å². The number of benzene rings is 1. The van der Waals surface area contributed by atoms with Gasteiger partial charge in [-0.3, -0.25) is 24.1 Å². The van der Waals surface area contributed by atoms with Crippen LogP contribution in [0.15, 0.2) is 18.2 Å². The van der Waals surface area contributed by atoms with Crippen molar-refractivity contribution in [3.05, 3.63) is 28.2 Å². The number of carbonyl (C=O) groups is 4. The van der Waals surface area contributed by atoms with E-state index in [4.69, 9.17) is 27.9 Å².